The van der Waals surface area contributed by atoms with E-state index in [0.29, 0.717) is 23.5 Å². The number of carbonyl (C=O) groups is 1. The number of rotatable bonds is 1. The summed E-state index contributed by atoms with van der Waals surface area (Å²) in [4.78, 5) is 18.8. The van der Waals surface area contributed by atoms with Crippen LogP contribution in [0.25, 0.3) is 5.69 Å². The topological polar surface area (TPSA) is 97.2 Å². The van der Waals surface area contributed by atoms with Crippen molar-refractivity contribution in [3.8, 4) is 5.69 Å². The van der Waals surface area contributed by atoms with E-state index in [4.69, 9.17) is 0 Å². The van der Waals surface area contributed by atoms with Gasteiger partial charge in [0.1, 0.15) is 17.0 Å². The molecule has 0 radical (unpaired) electrons. The van der Waals surface area contributed by atoms with Crippen LogP contribution in [0.15, 0.2) is 47.6 Å². The minimum absolute atomic E-state index is 0.0524. The van der Waals surface area contributed by atoms with Gasteiger partial charge >= 0.3 is 0 Å². The van der Waals surface area contributed by atoms with Gasteiger partial charge in [0.05, 0.1) is 11.4 Å². The van der Waals surface area contributed by atoms with E-state index >= 15 is 0 Å². The fourth-order valence-electron chi connectivity index (χ4n) is 4.78. The summed E-state index contributed by atoms with van der Waals surface area (Å²) in [7, 11) is -3.89. The Balaban J connectivity index is 1.45. The van der Waals surface area contributed by atoms with Crippen LogP contribution in [0.4, 0.5) is 16.0 Å². The number of sulfonamides is 1. The third kappa shape index (κ3) is 2.19. The molecule has 3 heterocycles. The number of amides is 1. The summed E-state index contributed by atoms with van der Waals surface area (Å²) in [5.41, 5.74) is 1.37. The molecule has 8 nitrogen and oxygen atoms in total. The van der Waals surface area contributed by atoms with Crippen molar-refractivity contribution >= 4 is 27.6 Å². The van der Waals surface area contributed by atoms with Crippen molar-refractivity contribution in [3.63, 3.8) is 0 Å². The van der Waals surface area contributed by atoms with Crippen LogP contribution in [0.2, 0.25) is 0 Å². The Kier molecular flexibility index (Phi) is 3.32. The number of nitrogens with one attached hydrogen (secondary N) is 1. The molecular formula is C20H16FN5O3S. The number of hydrogen-bond acceptors (Lipinski definition) is 5. The molecule has 0 atom stereocenters. The second-order valence-corrected chi connectivity index (χ2v) is 9.59. The maximum atomic E-state index is 14.6. The lowest BCUT2D eigenvalue weighted by Crippen LogP contribution is -2.41. The number of nitrogens with zero attached hydrogens (tertiary/aromatic N) is 4. The van der Waals surface area contributed by atoms with Gasteiger partial charge < -0.3 is 4.90 Å². The summed E-state index contributed by atoms with van der Waals surface area (Å²) in [6.07, 6.45) is 3.92. The molecule has 1 spiro atoms. The smallest absolute Gasteiger partial charge is 0.266 e. The van der Waals surface area contributed by atoms with Gasteiger partial charge in [-0.2, -0.15) is 14.8 Å². The van der Waals surface area contributed by atoms with Gasteiger partial charge in [0.25, 0.3) is 15.9 Å². The fourth-order valence-corrected chi connectivity index (χ4v) is 5.98. The lowest BCUT2D eigenvalue weighted by Gasteiger charge is -2.39. The number of fused-ring (bicyclic) bond motifs is 5. The van der Waals surface area contributed by atoms with Crippen molar-refractivity contribution < 1.29 is 17.6 Å². The minimum atomic E-state index is -3.89. The Bertz CT molecular complexity index is 1350. The summed E-state index contributed by atoms with van der Waals surface area (Å²) in [5.74, 6) is -0.552. The van der Waals surface area contributed by atoms with Crippen LogP contribution in [0.1, 0.15) is 35.2 Å². The molecule has 2 aromatic carbocycles. The third-order valence-corrected chi connectivity index (χ3v) is 7.68. The maximum Gasteiger partial charge on any atom is 0.266 e. The van der Waals surface area contributed by atoms with Gasteiger partial charge in [-0.05, 0) is 43.2 Å². The van der Waals surface area contributed by atoms with Crippen molar-refractivity contribution in [1.29, 1.82) is 0 Å². The van der Waals surface area contributed by atoms with Crippen LogP contribution < -0.4 is 9.62 Å². The Labute approximate surface area is 171 Å². The van der Waals surface area contributed by atoms with Gasteiger partial charge in [0.2, 0.25) is 5.95 Å². The van der Waals surface area contributed by atoms with Crippen molar-refractivity contribution in [1.82, 2.24) is 14.8 Å². The third-order valence-electron chi connectivity index (χ3n) is 6.33. The van der Waals surface area contributed by atoms with Gasteiger partial charge in [0, 0.05) is 23.1 Å². The van der Waals surface area contributed by atoms with Gasteiger partial charge in [-0.15, -0.1) is 0 Å². The normalized spacial score (nSPS) is 19.4. The average molecular weight is 425 g/mol. The first-order valence-electron chi connectivity index (χ1n) is 9.58. The lowest BCUT2D eigenvalue weighted by atomic mass is 9.65. The molecule has 1 amide bonds. The monoisotopic (exact) mass is 425 g/mol. The summed E-state index contributed by atoms with van der Waals surface area (Å²) in [6, 6.07) is 9.23. The molecule has 0 saturated heterocycles. The predicted molar refractivity (Wildman–Crippen MR) is 106 cm³/mol. The number of benzene rings is 2. The highest BCUT2D eigenvalue weighted by molar-refractivity contribution is 7.93. The number of aromatic nitrogens is 3. The molecule has 152 valence electrons. The predicted octanol–water partition coefficient (Wildman–Crippen LogP) is 2.60. The first-order chi connectivity index (χ1) is 14.4. The fraction of sp³-hybridized carbons (Fsp3) is 0.250. The lowest BCUT2D eigenvalue weighted by molar-refractivity contribution is 0.0978. The first-order valence-corrected chi connectivity index (χ1v) is 11.1. The molecule has 1 fully saturated rings. The van der Waals surface area contributed by atoms with Gasteiger partial charge in [-0.25, -0.2) is 17.5 Å². The summed E-state index contributed by atoms with van der Waals surface area (Å²) >= 11 is 0. The zero-order chi connectivity index (χ0) is 20.7. The van der Waals surface area contributed by atoms with E-state index in [1.54, 1.807) is 29.2 Å². The summed E-state index contributed by atoms with van der Waals surface area (Å²) < 4.78 is 43.7. The molecule has 10 heteroatoms. The van der Waals surface area contributed by atoms with Crippen molar-refractivity contribution in [2.45, 2.75) is 29.6 Å². The maximum absolute atomic E-state index is 14.6. The number of hydrogen-bond donors (Lipinski definition) is 1. The van der Waals surface area contributed by atoms with E-state index in [0.717, 1.165) is 19.3 Å². The van der Waals surface area contributed by atoms with E-state index in [2.05, 4.69) is 14.8 Å². The standard InChI is InChI=1S/C20H16FN5O3S/c21-13-3-1-4-15-17(13)20(7-2-8-20)10-25(15)18(27)12-5-6-14-16(9-12)30(28,29)24-19-22-11-23-26(14)19/h1,3-6,9,11H,2,7-8,10H2,(H,22,23,24). The van der Waals surface area contributed by atoms with Crippen LogP contribution in [0, 0.1) is 5.82 Å². The Hall–Kier alpha value is -3.27. The zero-order valence-electron chi connectivity index (χ0n) is 15.7. The summed E-state index contributed by atoms with van der Waals surface area (Å²) in [5, 5.41) is 4.03. The van der Waals surface area contributed by atoms with E-state index < -0.39 is 10.0 Å². The Morgan fingerprint density at radius 3 is 2.77 bits per heavy atom. The van der Waals surface area contributed by atoms with Gasteiger partial charge in [0.15, 0.2) is 0 Å². The first kappa shape index (κ1) is 17.6. The van der Waals surface area contributed by atoms with Crippen molar-refractivity contribution in [2.24, 2.45) is 0 Å². The quantitative estimate of drug-likeness (QED) is 0.646. The highest BCUT2D eigenvalue weighted by Crippen LogP contribution is 2.53. The second-order valence-electron chi connectivity index (χ2n) is 7.94. The molecule has 3 aliphatic rings. The molecule has 1 aliphatic carbocycles. The summed E-state index contributed by atoms with van der Waals surface area (Å²) in [6.45, 7) is 0.400. The number of carbonyl (C=O) groups excluding carboxylic acids is 1. The number of halogens is 1. The van der Waals surface area contributed by atoms with Crippen molar-refractivity contribution in [2.75, 3.05) is 16.2 Å². The zero-order valence-corrected chi connectivity index (χ0v) is 16.5. The van der Waals surface area contributed by atoms with Crippen LogP contribution in [0.3, 0.4) is 0 Å². The van der Waals surface area contributed by atoms with Crippen LogP contribution in [-0.4, -0.2) is 35.6 Å². The van der Waals surface area contributed by atoms with E-state index in [1.165, 1.54) is 23.1 Å². The number of anilines is 2. The highest BCUT2D eigenvalue weighted by atomic mass is 32.2. The highest BCUT2D eigenvalue weighted by Gasteiger charge is 2.50. The van der Waals surface area contributed by atoms with Crippen molar-refractivity contribution in [3.05, 3.63) is 59.7 Å². The van der Waals surface area contributed by atoms with E-state index in [-0.39, 0.29) is 33.5 Å². The molecular weight excluding hydrogens is 409 g/mol. The Morgan fingerprint density at radius 1 is 1.17 bits per heavy atom. The molecule has 2 aliphatic heterocycles. The molecule has 1 saturated carbocycles. The van der Waals surface area contributed by atoms with Crippen LogP contribution in [-0.2, 0) is 15.4 Å². The second kappa shape index (κ2) is 5.66. The van der Waals surface area contributed by atoms with E-state index in [1.807, 2.05) is 0 Å². The molecule has 1 N–H and O–H groups in total. The van der Waals surface area contributed by atoms with Gasteiger partial charge in [-0.3, -0.25) is 4.79 Å². The largest absolute Gasteiger partial charge is 0.307 e. The van der Waals surface area contributed by atoms with Gasteiger partial charge in [-0.1, -0.05) is 12.5 Å². The molecule has 0 unspecified atom stereocenters. The average Bonchev–Trinajstić information content (AvgIpc) is 3.29. The Morgan fingerprint density at radius 2 is 2.00 bits per heavy atom. The van der Waals surface area contributed by atoms with Crippen LogP contribution >= 0.6 is 0 Å². The molecule has 1 aromatic heterocycles. The SMILES string of the molecule is O=C(c1ccc2c(c1)S(=O)(=O)Nc1ncnn1-2)N1CC2(CCC2)c2c(F)cccc21. The molecule has 30 heavy (non-hydrogen) atoms. The van der Waals surface area contributed by atoms with E-state index in [9.17, 15) is 17.6 Å². The minimum Gasteiger partial charge on any atom is -0.307 e. The van der Waals surface area contributed by atoms with Crippen LogP contribution in [0.5, 0.6) is 0 Å². The molecule has 3 aromatic rings. The molecule has 0 bridgehead atoms. The molecule has 6 rings (SSSR count).